The normalized spacial score (nSPS) is 10.8. The van der Waals surface area contributed by atoms with Crippen molar-refractivity contribution in [3.8, 4) is 10.4 Å². The molecule has 0 fully saturated rings. The van der Waals surface area contributed by atoms with Crippen molar-refractivity contribution in [3.63, 3.8) is 0 Å². The van der Waals surface area contributed by atoms with Gasteiger partial charge in [-0.3, -0.25) is 9.59 Å². The molecule has 168 valence electrons. The molecule has 9 heteroatoms. The number of carbonyl (C=O) groups excluding carboxylic acids is 2. The van der Waals surface area contributed by atoms with Gasteiger partial charge in [-0.25, -0.2) is 9.48 Å². The number of carbonyl (C=O) groups is 2. The van der Waals surface area contributed by atoms with Gasteiger partial charge in [-0.1, -0.05) is 48.9 Å². The lowest BCUT2D eigenvalue weighted by Crippen LogP contribution is -2.30. The Kier molecular flexibility index (Phi) is 6.89. The van der Waals surface area contributed by atoms with Crippen LogP contribution in [0, 0.1) is 0 Å². The van der Waals surface area contributed by atoms with E-state index in [0.717, 1.165) is 28.0 Å². The Hall–Kier alpha value is -3.85. The van der Waals surface area contributed by atoms with Crippen molar-refractivity contribution < 1.29 is 14.3 Å². The molecule has 4 aromatic rings. The summed E-state index contributed by atoms with van der Waals surface area (Å²) in [5, 5.41) is 11.1. The summed E-state index contributed by atoms with van der Waals surface area (Å²) in [4.78, 5) is 38.7. The van der Waals surface area contributed by atoms with Gasteiger partial charge in [0.15, 0.2) is 4.83 Å². The van der Waals surface area contributed by atoms with Crippen LogP contribution in [0.5, 0.6) is 0 Å². The quantitative estimate of drug-likeness (QED) is 0.312. The number of unbranched alkanes of at least 4 members (excludes halogenated alkanes) is 1. The van der Waals surface area contributed by atoms with Crippen molar-refractivity contribution in [3.05, 3.63) is 76.6 Å². The summed E-state index contributed by atoms with van der Waals surface area (Å²) in [5.41, 5.74) is 1.51. The highest BCUT2D eigenvalue weighted by atomic mass is 32.1. The third-order valence-corrected chi connectivity index (χ3v) is 5.98. The molecule has 0 atom stereocenters. The molecule has 2 aromatic heterocycles. The van der Waals surface area contributed by atoms with E-state index in [1.165, 1.54) is 11.3 Å². The summed E-state index contributed by atoms with van der Waals surface area (Å²) in [6.07, 6.45) is 1.76. The van der Waals surface area contributed by atoms with Crippen molar-refractivity contribution in [1.29, 1.82) is 0 Å². The molecule has 1 N–H and O–H groups in total. The van der Waals surface area contributed by atoms with Crippen molar-refractivity contribution in [2.24, 2.45) is 0 Å². The number of anilines is 1. The topological polar surface area (TPSA) is 103 Å². The standard InChI is InChI=1S/C24H22N4O4S/c1-2-3-13-32-24(31)17-9-11-18(12-10-17)25-21(29)15-28-23(30)19-14-20(33-22(19)26-27-28)16-7-5-4-6-8-16/h4-12,14H,2-3,13,15H2,1H3,(H,25,29). The smallest absolute Gasteiger partial charge is 0.338 e. The van der Waals surface area contributed by atoms with Crippen molar-refractivity contribution in [2.45, 2.75) is 26.3 Å². The van der Waals surface area contributed by atoms with Crippen LogP contribution in [0.25, 0.3) is 20.7 Å². The Morgan fingerprint density at radius 2 is 1.85 bits per heavy atom. The zero-order valence-corrected chi connectivity index (χ0v) is 18.8. The second-order valence-electron chi connectivity index (χ2n) is 7.36. The molecule has 0 unspecified atom stereocenters. The Morgan fingerprint density at radius 1 is 1.09 bits per heavy atom. The molecular formula is C24H22N4O4S. The zero-order chi connectivity index (χ0) is 23.2. The van der Waals surface area contributed by atoms with Crippen molar-refractivity contribution in [1.82, 2.24) is 15.0 Å². The number of aromatic nitrogens is 3. The molecule has 1 amide bonds. The number of thiophene rings is 1. The molecule has 33 heavy (non-hydrogen) atoms. The number of amides is 1. The minimum Gasteiger partial charge on any atom is -0.462 e. The van der Waals surface area contributed by atoms with Gasteiger partial charge >= 0.3 is 5.97 Å². The maximum atomic E-state index is 12.8. The number of hydrogen-bond donors (Lipinski definition) is 1. The lowest BCUT2D eigenvalue weighted by Gasteiger charge is -2.07. The summed E-state index contributed by atoms with van der Waals surface area (Å²) >= 11 is 1.38. The van der Waals surface area contributed by atoms with Gasteiger partial charge in [0.2, 0.25) is 5.91 Å². The zero-order valence-electron chi connectivity index (χ0n) is 18.0. The fourth-order valence-corrected chi connectivity index (χ4v) is 4.12. The Balaban J connectivity index is 1.43. The summed E-state index contributed by atoms with van der Waals surface area (Å²) in [5.74, 6) is -0.829. The molecule has 0 radical (unpaired) electrons. The minimum absolute atomic E-state index is 0.279. The average Bonchev–Trinajstić information content (AvgIpc) is 3.27. The van der Waals surface area contributed by atoms with E-state index in [0.29, 0.717) is 28.1 Å². The number of nitrogens with zero attached hydrogens (tertiary/aromatic N) is 3. The van der Waals surface area contributed by atoms with Gasteiger partial charge in [-0.05, 0) is 42.3 Å². The number of esters is 1. The van der Waals surface area contributed by atoms with E-state index in [9.17, 15) is 14.4 Å². The highest BCUT2D eigenvalue weighted by molar-refractivity contribution is 7.21. The van der Waals surface area contributed by atoms with Crippen LogP contribution < -0.4 is 10.9 Å². The van der Waals surface area contributed by atoms with Crippen LogP contribution in [0.4, 0.5) is 5.69 Å². The van der Waals surface area contributed by atoms with Gasteiger partial charge in [0.25, 0.3) is 5.56 Å². The first-order chi connectivity index (χ1) is 16.0. The first kappa shape index (κ1) is 22.3. The van der Waals surface area contributed by atoms with Crippen molar-refractivity contribution in [2.75, 3.05) is 11.9 Å². The Labute approximate surface area is 193 Å². The monoisotopic (exact) mass is 462 g/mol. The first-order valence-corrected chi connectivity index (χ1v) is 11.4. The third-order valence-electron chi connectivity index (χ3n) is 4.91. The predicted octanol–water partition coefficient (Wildman–Crippen LogP) is 4.12. The van der Waals surface area contributed by atoms with E-state index < -0.39 is 11.9 Å². The van der Waals surface area contributed by atoms with E-state index in [-0.39, 0.29) is 12.1 Å². The number of nitrogens with one attached hydrogen (secondary N) is 1. The molecular weight excluding hydrogens is 440 g/mol. The summed E-state index contributed by atoms with van der Waals surface area (Å²) in [6.45, 7) is 2.12. The van der Waals surface area contributed by atoms with Crippen LogP contribution in [-0.4, -0.2) is 33.5 Å². The maximum absolute atomic E-state index is 12.8. The second-order valence-corrected chi connectivity index (χ2v) is 8.39. The van der Waals surface area contributed by atoms with Crippen molar-refractivity contribution >= 4 is 39.1 Å². The van der Waals surface area contributed by atoms with Crippen LogP contribution in [0.3, 0.4) is 0 Å². The molecule has 8 nitrogen and oxygen atoms in total. The van der Waals surface area contributed by atoms with Crippen LogP contribution in [0.1, 0.15) is 30.1 Å². The van der Waals surface area contributed by atoms with E-state index >= 15 is 0 Å². The molecule has 2 aromatic carbocycles. The van der Waals surface area contributed by atoms with E-state index in [1.54, 1.807) is 30.3 Å². The number of hydrogen-bond acceptors (Lipinski definition) is 7. The van der Waals surface area contributed by atoms with Gasteiger partial charge in [0, 0.05) is 10.6 Å². The molecule has 0 saturated heterocycles. The fourth-order valence-electron chi connectivity index (χ4n) is 3.15. The second kappa shape index (κ2) is 10.2. The minimum atomic E-state index is -0.428. The Morgan fingerprint density at radius 3 is 2.58 bits per heavy atom. The third kappa shape index (κ3) is 5.32. The van der Waals surface area contributed by atoms with Crippen LogP contribution in [0.15, 0.2) is 65.5 Å². The largest absolute Gasteiger partial charge is 0.462 e. The molecule has 0 bridgehead atoms. The van der Waals surface area contributed by atoms with Crippen LogP contribution >= 0.6 is 11.3 Å². The summed E-state index contributed by atoms with van der Waals surface area (Å²) in [6, 6.07) is 17.9. The lowest BCUT2D eigenvalue weighted by molar-refractivity contribution is -0.117. The highest BCUT2D eigenvalue weighted by Crippen LogP contribution is 2.30. The SMILES string of the molecule is CCCCOC(=O)c1ccc(NC(=O)Cn2nnc3sc(-c4ccccc4)cc3c2=O)cc1. The molecule has 4 rings (SSSR count). The van der Waals surface area contributed by atoms with Gasteiger partial charge in [0.1, 0.15) is 6.54 Å². The molecule has 0 spiro atoms. The number of fused-ring (bicyclic) bond motifs is 1. The van der Waals surface area contributed by atoms with Gasteiger partial charge in [-0.15, -0.1) is 16.4 Å². The predicted molar refractivity (Wildman–Crippen MR) is 127 cm³/mol. The maximum Gasteiger partial charge on any atom is 0.338 e. The van der Waals surface area contributed by atoms with Gasteiger partial charge in [-0.2, -0.15) is 0 Å². The number of rotatable bonds is 8. The summed E-state index contributed by atoms with van der Waals surface area (Å²) in [7, 11) is 0. The first-order valence-electron chi connectivity index (χ1n) is 10.5. The van der Waals surface area contributed by atoms with E-state index in [1.807, 2.05) is 37.3 Å². The molecule has 2 heterocycles. The number of ether oxygens (including phenoxy) is 1. The molecule has 0 aliphatic rings. The van der Waals surface area contributed by atoms with E-state index in [2.05, 4.69) is 15.6 Å². The number of benzene rings is 2. The highest BCUT2D eigenvalue weighted by Gasteiger charge is 2.14. The van der Waals surface area contributed by atoms with E-state index in [4.69, 9.17) is 4.74 Å². The molecule has 0 aliphatic carbocycles. The molecule has 0 saturated carbocycles. The fraction of sp³-hybridized carbons (Fsp3) is 0.208. The Bertz CT molecular complexity index is 1330. The van der Waals surface area contributed by atoms with Crippen LogP contribution in [-0.2, 0) is 16.1 Å². The van der Waals surface area contributed by atoms with Gasteiger partial charge in [0.05, 0.1) is 17.6 Å². The van der Waals surface area contributed by atoms with Crippen LogP contribution in [0.2, 0.25) is 0 Å². The molecule has 0 aliphatic heterocycles. The summed E-state index contributed by atoms with van der Waals surface area (Å²) < 4.78 is 6.21. The lowest BCUT2D eigenvalue weighted by atomic mass is 10.2. The van der Waals surface area contributed by atoms with Gasteiger partial charge < -0.3 is 10.1 Å². The average molecular weight is 463 g/mol.